The van der Waals surface area contributed by atoms with Gasteiger partial charge in [0.1, 0.15) is 29.1 Å². The van der Waals surface area contributed by atoms with E-state index in [1.165, 1.54) is 0 Å². The molecule has 0 saturated carbocycles. The third-order valence-corrected chi connectivity index (χ3v) is 6.84. The zero-order valence-corrected chi connectivity index (χ0v) is 21.4. The van der Waals surface area contributed by atoms with Gasteiger partial charge in [0.05, 0.1) is 17.3 Å². The van der Waals surface area contributed by atoms with Crippen LogP contribution in [0.25, 0.3) is 11.3 Å². The molecule has 0 radical (unpaired) electrons. The number of ether oxygens (including phenoxy) is 1. The second kappa shape index (κ2) is 10.4. The smallest absolute Gasteiger partial charge is 0.335 e. The van der Waals surface area contributed by atoms with Crippen LogP contribution in [0.3, 0.4) is 0 Å². The quantitative estimate of drug-likeness (QED) is 0.216. The van der Waals surface area contributed by atoms with Gasteiger partial charge in [0.15, 0.2) is 5.11 Å². The lowest BCUT2D eigenvalue weighted by Gasteiger charge is -2.26. The third kappa shape index (κ3) is 4.97. The van der Waals surface area contributed by atoms with Gasteiger partial charge in [-0.2, -0.15) is 0 Å². The van der Waals surface area contributed by atoms with Crippen molar-refractivity contribution in [3.8, 4) is 22.8 Å². The fraction of sp³-hybridized carbons (Fsp3) is 0.0645. The van der Waals surface area contributed by atoms with Crippen molar-refractivity contribution in [2.24, 2.45) is 0 Å². The molecule has 1 aliphatic heterocycles. The summed E-state index contributed by atoms with van der Waals surface area (Å²) in [4.78, 5) is 17.9. The van der Waals surface area contributed by atoms with E-state index < -0.39 is 5.97 Å². The minimum absolute atomic E-state index is 0.219. The minimum Gasteiger partial charge on any atom is -0.478 e. The lowest BCUT2D eigenvalue weighted by Crippen LogP contribution is -2.29. The van der Waals surface area contributed by atoms with Gasteiger partial charge in [0.25, 0.3) is 0 Å². The maximum absolute atomic E-state index is 11.2. The van der Waals surface area contributed by atoms with Gasteiger partial charge >= 0.3 is 5.97 Å². The van der Waals surface area contributed by atoms with Crippen molar-refractivity contribution >= 4 is 29.0 Å². The van der Waals surface area contributed by atoms with Crippen LogP contribution in [0.4, 0.5) is 5.69 Å². The standard InChI is InChI=1S/C31H23N3O4S/c35-30(36)21-11-9-20(10-12-21)26-17-18-27(38-26)29-28(25-8-4-5-19-32-25)33-31(39)34(29)22-13-15-24(16-14-22)37-23-6-2-1-3-7-23/h1-19,28-29H,(H,33,39)(H,35,36)/t28-,29-/m0/s1. The highest BCUT2D eigenvalue weighted by Crippen LogP contribution is 2.43. The number of hydrogen-bond donors (Lipinski definition) is 2. The molecule has 0 amide bonds. The lowest BCUT2D eigenvalue weighted by molar-refractivity contribution is 0.0697. The third-order valence-electron chi connectivity index (χ3n) is 6.53. The van der Waals surface area contributed by atoms with Crippen molar-refractivity contribution in [3.05, 3.63) is 132 Å². The van der Waals surface area contributed by atoms with Gasteiger partial charge < -0.3 is 24.5 Å². The molecule has 6 rings (SSSR count). The van der Waals surface area contributed by atoms with Crippen molar-refractivity contribution in [1.82, 2.24) is 10.3 Å². The van der Waals surface area contributed by atoms with E-state index in [4.69, 9.17) is 21.4 Å². The molecule has 2 aromatic heterocycles. The van der Waals surface area contributed by atoms with E-state index in [2.05, 4.69) is 10.3 Å². The fourth-order valence-electron chi connectivity index (χ4n) is 4.67. The first-order chi connectivity index (χ1) is 19.1. The van der Waals surface area contributed by atoms with Crippen LogP contribution >= 0.6 is 12.2 Å². The Hall–Kier alpha value is -4.95. The van der Waals surface area contributed by atoms with Gasteiger partial charge in [-0.1, -0.05) is 36.4 Å². The van der Waals surface area contributed by atoms with Crippen molar-refractivity contribution in [3.63, 3.8) is 0 Å². The predicted octanol–water partition coefficient (Wildman–Crippen LogP) is 7.01. The molecule has 1 saturated heterocycles. The molecule has 0 spiro atoms. The molecule has 0 unspecified atom stereocenters. The summed E-state index contributed by atoms with van der Waals surface area (Å²) in [5.74, 6) is 1.83. The molecule has 192 valence electrons. The highest BCUT2D eigenvalue weighted by molar-refractivity contribution is 7.80. The number of hydrogen-bond acceptors (Lipinski definition) is 5. The Balaban J connectivity index is 1.34. The van der Waals surface area contributed by atoms with Crippen molar-refractivity contribution in [2.45, 2.75) is 12.1 Å². The number of thiocarbonyl (C=S) groups is 1. The molecule has 1 fully saturated rings. The van der Waals surface area contributed by atoms with Crippen molar-refractivity contribution in [2.75, 3.05) is 4.90 Å². The maximum atomic E-state index is 11.2. The lowest BCUT2D eigenvalue weighted by atomic mass is 10.0. The minimum atomic E-state index is -0.971. The average Bonchev–Trinajstić information content (AvgIpc) is 3.59. The Morgan fingerprint density at radius 2 is 1.59 bits per heavy atom. The summed E-state index contributed by atoms with van der Waals surface area (Å²) in [5.41, 5.74) is 2.71. The van der Waals surface area contributed by atoms with E-state index >= 15 is 0 Å². The Labute approximate surface area is 230 Å². The molecule has 1 aliphatic rings. The second-order valence-corrected chi connectivity index (χ2v) is 9.38. The van der Waals surface area contributed by atoms with Gasteiger partial charge in [-0.25, -0.2) is 4.79 Å². The molecule has 3 heterocycles. The van der Waals surface area contributed by atoms with Gasteiger partial charge in [-0.05, 0) is 85.0 Å². The summed E-state index contributed by atoms with van der Waals surface area (Å²) in [6.07, 6.45) is 1.76. The van der Waals surface area contributed by atoms with Crippen LogP contribution in [0, 0.1) is 0 Å². The molecule has 2 N–H and O–H groups in total. The van der Waals surface area contributed by atoms with E-state index in [1.54, 1.807) is 30.5 Å². The molecule has 39 heavy (non-hydrogen) atoms. The van der Waals surface area contributed by atoms with Crippen LogP contribution in [-0.4, -0.2) is 21.2 Å². The first-order valence-electron chi connectivity index (χ1n) is 12.3. The number of pyridine rings is 1. The van der Waals surface area contributed by atoms with Crippen LogP contribution in [0.5, 0.6) is 11.5 Å². The maximum Gasteiger partial charge on any atom is 0.335 e. The number of aromatic nitrogens is 1. The zero-order valence-electron chi connectivity index (χ0n) is 20.6. The first-order valence-corrected chi connectivity index (χ1v) is 12.7. The molecule has 3 aromatic carbocycles. The molecule has 0 aliphatic carbocycles. The van der Waals surface area contributed by atoms with Crippen molar-refractivity contribution in [1.29, 1.82) is 0 Å². The monoisotopic (exact) mass is 533 g/mol. The van der Waals surface area contributed by atoms with Crippen LogP contribution < -0.4 is 15.0 Å². The van der Waals surface area contributed by atoms with Gasteiger partial charge in [0, 0.05) is 17.4 Å². The summed E-state index contributed by atoms with van der Waals surface area (Å²) >= 11 is 5.81. The fourth-order valence-corrected chi connectivity index (χ4v) is 5.01. The van der Waals surface area contributed by atoms with E-state index in [-0.39, 0.29) is 17.6 Å². The Bertz CT molecular complexity index is 1600. The molecule has 7 nitrogen and oxygen atoms in total. The van der Waals surface area contributed by atoms with E-state index in [0.29, 0.717) is 22.4 Å². The number of para-hydroxylation sites is 1. The number of anilines is 1. The molecule has 0 bridgehead atoms. The predicted molar refractivity (Wildman–Crippen MR) is 152 cm³/mol. The molecule has 8 heteroatoms. The molecular formula is C31H23N3O4S. The van der Waals surface area contributed by atoms with E-state index in [1.807, 2.05) is 89.8 Å². The number of carboxylic acids is 1. The topological polar surface area (TPSA) is 87.8 Å². The first kappa shape index (κ1) is 24.4. The van der Waals surface area contributed by atoms with E-state index in [9.17, 15) is 9.90 Å². The van der Waals surface area contributed by atoms with Gasteiger partial charge in [-0.15, -0.1) is 0 Å². The number of carboxylic acid groups (broad SMARTS) is 1. The molecular weight excluding hydrogens is 510 g/mol. The Morgan fingerprint density at radius 3 is 2.28 bits per heavy atom. The number of nitrogens with zero attached hydrogens (tertiary/aromatic N) is 2. The zero-order chi connectivity index (χ0) is 26.8. The Kier molecular flexibility index (Phi) is 6.52. The SMILES string of the molecule is O=C(O)c1ccc(-c2ccc([C@H]3[C@H](c4ccccn4)NC(=S)N3c3ccc(Oc4ccccc4)cc3)o2)cc1. The van der Waals surface area contributed by atoms with Crippen LogP contribution in [0.1, 0.15) is 33.9 Å². The van der Waals surface area contributed by atoms with E-state index in [0.717, 1.165) is 22.7 Å². The molecule has 5 aromatic rings. The molecule has 2 atom stereocenters. The van der Waals surface area contributed by atoms with Crippen LogP contribution in [0.15, 0.2) is 120 Å². The number of nitrogens with one attached hydrogen (secondary N) is 1. The average molecular weight is 534 g/mol. The van der Waals surface area contributed by atoms with Crippen molar-refractivity contribution < 1.29 is 19.1 Å². The normalized spacial score (nSPS) is 16.6. The number of rotatable bonds is 7. The number of aromatic carboxylic acids is 1. The van der Waals surface area contributed by atoms with Gasteiger partial charge in [-0.3, -0.25) is 4.98 Å². The summed E-state index contributed by atoms with van der Waals surface area (Å²) in [7, 11) is 0. The Morgan fingerprint density at radius 1 is 0.872 bits per heavy atom. The summed E-state index contributed by atoms with van der Waals surface area (Å²) in [6.45, 7) is 0. The largest absolute Gasteiger partial charge is 0.478 e. The second-order valence-electron chi connectivity index (χ2n) is 8.99. The summed E-state index contributed by atoms with van der Waals surface area (Å²) in [5, 5.41) is 13.2. The summed E-state index contributed by atoms with van der Waals surface area (Å²) < 4.78 is 12.3. The number of benzene rings is 3. The highest BCUT2D eigenvalue weighted by atomic mass is 32.1. The van der Waals surface area contributed by atoms with Crippen LogP contribution in [-0.2, 0) is 0 Å². The number of carbonyl (C=O) groups is 1. The summed E-state index contributed by atoms with van der Waals surface area (Å²) in [6, 6.07) is 33.0. The highest BCUT2D eigenvalue weighted by Gasteiger charge is 2.42. The van der Waals surface area contributed by atoms with Gasteiger partial charge in [0.2, 0.25) is 0 Å². The van der Waals surface area contributed by atoms with Crippen LogP contribution in [0.2, 0.25) is 0 Å². The number of furan rings is 1.